The lowest BCUT2D eigenvalue weighted by Gasteiger charge is -2.43. The molecular formula is C24H25N3O2. The van der Waals surface area contributed by atoms with Gasteiger partial charge in [0, 0.05) is 61.3 Å². The maximum absolute atomic E-state index is 13.2. The van der Waals surface area contributed by atoms with Crippen LogP contribution in [0.2, 0.25) is 0 Å². The lowest BCUT2D eigenvalue weighted by molar-refractivity contribution is 0.114. The van der Waals surface area contributed by atoms with Gasteiger partial charge in [-0.15, -0.1) is 0 Å². The molecule has 1 fully saturated rings. The summed E-state index contributed by atoms with van der Waals surface area (Å²) < 4.78 is 7.28. The highest BCUT2D eigenvalue weighted by Crippen LogP contribution is 2.36. The Labute approximate surface area is 170 Å². The fraction of sp³-hybridized carbons (Fsp3) is 0.333. The van der Waals surface area contributed by atoms with Crippen molar-refractivity contribution in [3.05, 3.63) is 82.5 Å². The first kappa shape index (κ1) is 18.1. The molecule has 3 aromatic rings. The average Bonchev–Trinajstić information content (AvgIpc) is 2.76. The predicted octanol–water partition coefficient (Wildman–Crippen LogP) is 3.54. The molecule has 4 heterocycles. The highest BCUT2D eigenvalue weighted by atomic mass is 16.5. The zero-order chi connectivity index (χ0) is 19.8. The van der Waals surface area contributed by atoms with Gasteiger partial charge in [0.25, 0.3) is 5.56 Å². The second-order valence-electron chi connectivity index (χ2n) is 8.17. The number of pyridine rings is 2. The number of hydrogen-bond donors (Lipinski definition) is 0. The molecule has 0 N–H and O–H groups in total. The first-order valence-corrected chi connectivity index (χ1v) is 10.2. The number of ether oxygens (including phenoxy) is 1. The molecule has 0 amide bonds. The van der Waals surface area contributed by atoms with Crippen LogP contribution in [0.4, 0.5) is 0 Å². The van der Waals surface area contributed by atoms with E-state index in [4.69, 9.17) is 4.74 Å². The van der Waals surface area contributed by atoms with E-state index < -0.39 is 0 Å². The minimum atomic E-state index is 0.119. The van der Waals surface area contributed by atoms with Crippen LogP contribution in [0.1, 0.15) is 23.6 Å². The van der Waals surface area contributed by atoms with Crippen molar-refractivity contribution >= 4 is 0 Å². The molecule has 2 aromatic heterocycles. The number of rotatable bonds is 4. The third-order valence-electron chi connectivity index (χ3n) is 6.22. The van der Waals surface area contributed by atoms with E-state index in [1.807, 2.05) is 34.9 Å². The Morgan fingerprint density at radius 1 is 1.07 bits per heavy atom. The van der Waals surface area contributed by atoms with E-state index in [0.29, 0.717) is 11.8 Å². The molecule has 29 heavy (non-hydrogen) atoms. The number of benzene rings is 1. The molecule has 1 aromatic carbocycles. The molecule has 2 aliphatic heterocycles. The Morgan fingerprint density at radius 3 is 2.69 bits per heavy atom. The molecule has 2 bridgehead atoms. The summed E-state index contributed by atoms with van der Waals surface area (Å²) in [5.41, 5.74) is 4.24. The van der Waals surface area contributed by atoms with E-state index in [9.17, 15) is 4.79 Å². The Bertz CT molecular complexity index is 1060. The molecule has 148 valence electrons. The van der Waals surface area contributed by atoms with Crippen molar-refractivity contribution in [1.82, 2.24) is 14.5 Å². The Balaban J connectivity index is 1.39. The fourth-order valence-corrected chi connectivity index (χ4v) is 4.90. The Kier molecular flexibility index (Phi) is 4.68. The zero-order valence-electron chi connectivity index (χ0n) is 16.6. The van der Waals surface area contributed by atoms with Crippen molar-refractivity contribution in [2.75, 3.05) is 20.2 Å². The van der Waals surface area contributed by atoms with Crippen LogP contribution in [0.5, 0.6) is 5.75 Å². The first-order valence-electron chi connectivity index (χ1n) is 10.2. The average molecular weight is 387 g/mol. The van der Waals surface area contributed by atoms with Crippen molar-refractivity contribution in [2.45, 2.75) is 25.4 Å². The maximum atomic E-state index is 13.2. The molecule has 2 unspecified atom stereocenters. The Morgan fingerprint density at radius 2 is 1.93 bits per heavy atom. The van der Waals surface area contributed by atoms with Crippen LogP contribution in [0.3, 0.4) is 0 Å². The molecule has 5 nitrogen and oxygen atoms in total. The van der Waals surface area contributed by atoms with Gasteiger partial charge in [0.05, 0.1) is 7.11 Å². The van der Waals surface area contributed by atoms with E-state index in [-0.39, 0.29) is 5.56 Å². The van der Waals surface area contributed by atoms with Crippen LogP contribution in [0.25, 0.3) is 11.1 Å². The normalized spacial score (nSPS) is 20.9. The lowest BCUT2D eigenvalue weighted by atomic mass is 9.82. The summed E-state index contributed by atoms with van der Waals surface area (Å²) in [5, 5.41) is 0. The van der Waals surface area contributed by atoms with Gasteiger partial charge in [-0.1, -0.05) is 18.2 Å². The monoisotopic (exact) mass is 387 g/mol. The molecule has 2 atom stereocenters. The summed E-state index contributed by atoms with van der Waals surface area (Å²) in [6.45, 7) is 3.77. The highest BCUT2D eigenvalue weighted by molar-refractivity contribution is 5.61. The summed E-state index contributed by atoms with van der Waals surface area (Å²) in [6, 6.07) is 16.3. The van der Waals surface area contributed by atoms with Gasteiger partial charge in [0.15, 0.2) is 0 Å². The first-order chi connectivity index (χ1) is 14.2. The molecule has 5 heteroatoms. The minimum Gasteiger partial charge on any atom is -0.497 e. The molecule has 0 saturated carbocycles. The van der Waals surface area contributed by atoms with Gasteiger partial charge < -0.3 is 9.30 Å². The van der Waals surface area contributed by atoms with Gasteiger partial charge in [0.2, 0.25) is 0 Å². The summed E-state index contributed by atoms with van der Waals surface area (Å²) >= 11 is 0. The van der Waals surface area contributed by atoms with Gasteiger partial charge in [0.1, 0.15) is 5.75 Å². The summed E-state index contributed by atoms with van der Waals surface area (Å²) in [7, 11) is 1.69. The van der Waals surface area contributed by atoms with E-state index in [1.165, 1.54) is 17.7 Å². The molecular weight excluding hydrogens is 362 g/mol. The van der Waals surface area contributed by atoms with Gasteiger partial charge in [-0.25, -0.2) is 0 Å². The van der Waals surface area contributed by atoms with Crippen LogP contribution in [-0.4, -0.2) is 34.7 Å². The smallest absolute Gasteiger partial charge is 0.258 e. The van der Waals surface area contributed by atoms with Crippen LogP contribution in [-0.2, 0) is 13.1 Å². The van der Waals surface area contributed by atoms with Crippen molar-refractivity contribution in [2.24, 2.45) is 5.92 Å². The highest BCUT2D eigenvalue weighted by Gasteiger charge is 2.34. The number of aromatic nitrogens is 2. The molecule has 5 rings (SSSR count). The summed E-state index contributed by atoms with van der Waals surface area (Å²) in [6.07, 6.45) is 4.68. The van der Waals surface area contributed by atoms with Crippen LogP contribution >= 0.6 is 0 Å². The second-order valence-corrected chi connectivity index (χ2v) is 8.17. The molecule has 0 spiro atoms. The maximum Gasteiger partial charge on any atom is 0.258 e. The molecule has 0 radical (unpaired) electrons. The Hall–Kier alpha value is -2.92. The minimum absolute atomic E-state index is 0.119. The number of likely N-dealkylation sites (tertiary alicyclic amines) is 1. The topological polar surface area (TPSA) is 47.4 Å². The van der Waals surface area contributed by atoms with Crippen LogP contribution in [0, 0.1) is 5.92 Å². The van der Waals surface area contributed by atoms with Gasteiger partial charge in [-0.2, -0.15) is 0 Å². The van der Waals surface area contributed by atoms with Gasteiger partial charge in [-0.3, -0.25) is 14.7 Å². The molecule has 2 aliphatic rings. The van der Waals surface area contributed by atoms with Crippen LogP contribution < -0.4 is 10.3 Å². The number of fused-ring (bicyclic) bond motifs is 4. The quantitative estimate of drug-likeness (QED) is 0.687. The predicted molar refractivity (Wildman–Crippen MR) is 113 cm³/mol. The summed E-state index contributed by atoms with van der Waals surface area (Å²) in [5.74, 6) is 1.82. The largest absolute Gasteiger partial charge is 0.497 e. The van der Waals surface area contributed by atoms with Crippen molar-refractivity contribution in [1.29, 1.82) is 0 Å². The molecule has 1 saturated heterocycles. The van der Waals surface area contributed by atoms with E-state index in [0.717, 1.165) is 43.1 Å². The van der Waals surface area contributed by atoms with Gasteiger partial charge >= 0.3 is 0 Å². The molecule has 0 aliphatic carbocycles. The second kappa shape index (κ2) is 7.48. The van der Waals surface area contributed by atoms with E-state index in [2.05, 4.69) is 28.1 Å². The third-order valence-corrected chi connectivity index (χ3v) is 6.22. The van der Waals surface area contributed by atoms with Gasteiger partial charge in [-0.05, 0) is 48.2 Å². The standard InChI is InChI=1S/C24H25N3O2/c1-29-21-6-4-17(5-7-21)13-26-14-18-11-20(16-26)23-9-8-22(24(28)27(23)15-18)19-3-2-10-25-12-19/h2-10,12,18,20H,11,13-16H2,1H3. The summed E-state index contributed by atoms with van der Waals surface area (Å²) in [4.78, 5) is 19.9. The van der Waals surface area contributed by atoms with E-state index >= 15 is 0 Å². The van der Waals surface area contributed by atoms with Crippen molar-refractivity contribution in [3.63, 3.8) is 0 Å². The van der Waals surface area contributed by atoms with Crippen molar-refractivity contribution < 1.29 is 4.74 Å². The van der Waals surface area contributed by atoms with E-state index in [1.54, 1.807) is 19.5 Å². The number of piperidine rings is 1. The number of methoxy groups -OCH3 is 1. The number of hydrogen-bond acceptors (Lipinski definition) is 4. The number of nitrogens with zero attached hydrogens (tertiary/aromatic N) is 3. The third kappa shape index (κ3) is 3.47. The fourth-order valence-electron chi connectivity index (χ4n) is 4.90. The lowest BCUT2D eigenvalue weighted by Crippen LogP contribution is -2.46. The zero-order valence-corrected chi connectivity index (χ0v) is 16.6. The SMILES string of the molecule is COc1ccc(CN2CC3CC(C2)c2ccc(-c4cccnc4)c(=O)n2C3)cc1. The van der Waals surface area contributed by atoms with Crippen LogP contribution in [0.15, 0.2) is 65.7 Å². The van der Waals surface area contributed by atoms with Crippen molar-refractivity contribution in [3.8, 4) is 16.9 Å².